The molecule has 13 heteroatoms. The van der Waals surface area contributed by atoms with Crippen molar-refractivity contribution < 1.29 is 14.3 Å². The first-order valence-corrected chi connectivity index (χ1v) is 15.7. The Labute approximate surface area is 243 Å². The summed E-state index contributed by atoms with van der Waals surface area (Å²) >= 11 is 4.08. The third-order valence-corrected chi connectivity index (χ3v) is 9.14. The van der Waals surface area contributed by atoms with E-state index in [1.54, 1.807) is 13.8 Å². The van der Waals surface area contributed by atoms with Crippen LogP contribution in [0.25, 0.3) is 5.69 Å². The summed E-state index contributed by atoms with van der Waals surface area (Å²) < 4.78 is 7.20. The molecule has 0 radical (unpaired) electrons. The van der Waals surface area contributed by atoms with Crippen LogP contribution < -0.4 is 10.9 Å². The average Bonchev–Trinajstić information content (AvgIpc) is 3.51. The predicted octanol–water partition coefficient (Wildman–Crippen LogP) is 4.80. The summed E-state index contributed by atoms with van der Waals surface area (Å²) in [5, 5.41) is 13.3. The van der Waals surface area contributed by atoms with E-state index < -0.39 is 0 Å². The molecule has 1 aliphatic rings. The Kier molecular flexibility index (Phi) is 9.02. The number of thioether (sulfide) groups is 2. The second-order valence-corrected chi connectivity index (χ2v) is 12.0. The van der Waals surface area contributed by atoms with Crippen molar-refractivity contribution in [3.05, 3.63) is 74.3 Å². The first-order chi connectivity index (χ1) is 19.4. The fourth-order valence-electron chi connectivity index (χ4n) is 4.44. The van der Waals surface area contributed by atoms with Gasteiger partial charge < -0.3 is 15.0 Å². The van der Waals surface area contributed by atoms with Crippen LogP contribution in [-0.2, 0) is 28.1 Å². The first-order valence-electron chi connectivity index (χ1n) is 12.9. The summed E-state index contributed by atoms with van der Waals surface area (Å²) in [6, 6.07) is 11.1. The van der Waals surface area contributed by atoms with Gasteiger partial charge in [-0.25, -0.2) is 9.78 Å². The van der Waals surface area contributed by atoms with Crippen molar-refractivity contribution in [2.24, 2.45) is 0 Å². The van der Waals surface area contributed by atoms with Crippen LogP contribution in [0.2, 0.25) is 0 Å². The number of aromatic amines is 1. The lowest BCUT2D eigenvalue weighted by Gasteiger charge is -2.12. The quantitative estimate of drug-likeness (QED) is 0.151. The van der Waals surface area contributed by atoms with Crippen LogP contribution in [0.5, 0.6) is 0 Å². The number of hydrogen-bond acceptors (Lipinski definition) is 10. The second kappa shape index (κ2) is 12.8. The molecule has 2 N–H and O–H groups in total. The van der Waals surface area contributed by atoms with Crippen LogP contribution in [0.1, 0.15) is 52.1 Å². The largest absolute Gasteiger partial charge is 0.462 e. The minimum absolute atomic E-state index is 0.0791. The Balaban J connectivity index is 1.33. The number of esters is 1. The molecule has 40 heavy (non-hydrogen) atoms. The van der Waals surface area contributed by atoms with Gasteiger partial charge in [-0.05, 0) is 57.2 Å². The minimum atomic E-state index is -0.389. The normalized spacial score (nSPS) is 12.7. The van der Waals surface area contributed by atoms with Gasteiger partial charge in [0.15, 0.2) is 10.3 Å². The van der Waals surface area contributed by atoms with E-state index in [2.05, 4.69) is 25.5 Å². The van der Waals surface area contributed by atoms with Crippen LogP contribution in [-0.4, -0.2) is 49.0 Å². The topological polar surface area (TPSA) is 132 Å². The van der Waals surface area contributed by atoms with E-state index in [0.29, 0.717) is 38.1 Å². The molecule has 1 aromatic carbocycles. The van der Waals surface area contributed by atoms with Gasteiger partial charge in [0.25, 0.3) is 5.56 Å². The predicted molar refractivity (Wildman–Crippen MR) is 157 cm³/mol. The third-order valence-electron chi connectivity index (χ3n) is 6.14. The number of anilines is 1. The third kappa shape index (κ3) is 6.48. The number of ether oxygens (including phenoxy) is 1. The van der Waals surface area contributed by atoms with E-state index in [1.807, 2.05) is 34.9 Å². The smallest absolute Gasteiger partial charge is 0.341 e. The minimum Gasteiger partial charge on any atom is -0.462 e. The Bertz CT molecular complexity index is 1580. The van der Waals surface area contributed by atoms with Crippen LogP contribution in [0.3, 0.4) is 0 Å². The highest BCUT2D eigenvalue weighted by molar-refractivity contribution is 7.99. The maximum Gasteiger partial charge on any atom is 0.341 e. The lowest BCUT2D eigenvalue weighted by molar-refractivity contribution is -0.113. The fourth-order valence-corrected chi connectivity index (χ4v) is 7.34. The zero-order chi connectivity index (χ0) is 28.1. The van der Waals surface area contributed by atoms with Gasteiger partial charge in [-0.2, -0.15) is 0 Å². The molecule has 0 fully saturated rings. The number of para-hydroxylation sites is 1. The van der Waals surface area contributed by atoms with E-state index in [-0.39, 0.29) is 29.8 Å². The molecule has 5 rings (SSSR count). The summed E-state index contributed by atoms with van der Waals surface area (Å²) in [7, 11) is 0. The lowest BCUT2D eigenvalue weighted by atomic mass is 9.95. The average molecular weight is 597 g/mol. The van der Waals surface area contributed by atoms with E-state index >= 15 is 0 Å². The molecule has 0 aliphatic heterocycles. The van der Waals surface area contributed by atoms with Crippen molar-refractivity contribution in [2.75, 3.05) is 17.7 Å². The SMILES string of the molecule is CCOC(=O)c1c(NC(=O)CSc2nnc(CSc3nc(C)cc(=O)[nH]3)n2-c2ccccc2)sc2c1CCCC2. The second-order valence-electron chi connectivity index (χ2n) is 9.02. The highest BCUT2D eigenvalue weighted by atomic mass is 32.2. The van der Waals surface area contributed by atoms with Gasteiger partial charge in [-0.3, -0.25) is 14.2 Å². The molecule has 0 spiro atoms. The molecule has 0 atom stereocenters. The number of carbonyl (C=O) groups excluding carboxylic acids is 2. The maximum atomic E-state index is 13.1. The van der Waals surface area contributed by atoms with E-state index in [1.165, 1.54) is 40.9 Å². The molecule has 1 amide bonds. The number of benzene rings is 1. The number of aryl methyl sites for hydroxylation is 2. The van der Waals surface area contributed by atoms with Gasteiger partial charge in [-0.1, -0.05) is 41.7 Å². The van der Waals surface area contributed by atoms with Gasteiger partial charge in [0.05, 0.1) is 23.7 Å². The van der Waals surface area contributed by atoms with Crippen molar-refractivity contribution >= 4 is 51.7 Å². The van der Waals surface area contributed by atoms with Crippen LogP contribution in [0, 0.1) is 6.92 Å². The van der Waals surface area contributed by atoms with Crippen molar-refractivity contribution in [2.45, 2.75) is 55.6 Å². The number of fused-ring (bicyclic) bond motifs is 1. The molecule has 3 aromatic heterocycles. The number of rotatable bonds is 10. The highest BCUT2D eigenvalue weighted by Gasteiger charge is 2.27. The zero-order valence-corrected chi connectivity index (χ0v) is 24.5. The van der Waals surface area contributed by atoms with Crippen molar-refractivity contribution in [3.63, 3.8) is 0 Å². The number of aromatic nitrogens is 5. The van der Waals surface area contributed by atoms with Crippen LogP contribution >= 0.6 is 34.9 Å². The van der Waals surface area contributed by atoms with Gasteiger partial charge in [-0.15, -0.1) is 21.5 Å². The molecule has 0 unspecified atom stereocenters. The van der Waals surface area contributed by atoms with E-state index in [9.17, 15) is 14.4 Å². The molecule has 10 nitrogen and oxygen atoms in total. The number of thiophene rings is 1. The van der Waals surface area contributed by atoms with Crippen molar-refractivity contribution in [1.82, 2.24) is 24.7 Å². The molecule has 3 heterocycles. The van der Waals surface area contributed by atoms with E-state index in [4.69, 9.17) is 4.74 Å². The molecular formula is C27H28N6O4S3. The molecule has 4 aromatic rings. The summed E-state index contributed by atoms with van der Waals surface area (Å²) in [6.07, 6.45) is 3.82. The number of H-pyrrole nitrogens is 1. The number of nitrogens with zero attached hydrogens (tertiary/aromatic N) is 4. The zero-order valence-electron chi connectivity index (χ0n) is 22.1. The Morgan fingerprint density at radius 3 is 2.73 bits per heavy atom. The maximum absolute atomic E-state index is 13.1. The number of amides is 1. The van der Waals surface area contributed by atoms with Crippen LogP contribution in [0.15, 0.2) is 51.5 Å². The van der Waals surface area contributed by atoms with Crippen molar-refractivity contribution in [1.29, 1.82) is 0 Å². The summed E-state index contributed by atoms with van der Waals surface area (Å²) in [5.74, 6) is 0.508. The summed E-state index contributed by atoms with van der Waals surface area (Å²) in [5.41, 5.74) is 2.78. The highest BCUT2D eigenvalue weighted by Crippen LogP contribution is 2.39. The van der Waals surface area contributed by atoms with E-state index in [0.717, 1.165) is 41.8 Å². The lowest BCUT2D eigenvalue weighted by Crippen LogP contribution is -2.17. The Hall–Kier alpha value is -3.42. The number of hydrogen-bond donors (Lipinski definition) is 2. The summed E-state index contributed by atoms with van der Waals surface area (Å²) in [6.45, 7) is 3.82. The molecule has 0 saturated carbocycles. The van der Waals surface area contributed by atoms with Gasteiger partial charge >= 0.3 is 5.97 Å². The van der Waals surface area contributed by atoms with Gasteiger partial charge in [0.2, 0.25) is 5.91 Å². The first kappa shape index (κ1) is 28.1. The Morgan fingerprint density at radius 1 is 1.15 bits per heavy atom. The molecular weight excluding hydrogens is 569 g/mol. The van der Waals surface area contributed by atoms with Gasteiger partial charge in [0, 0.05) is 22.3 Å². The molecule has 1 aliphatic carbocycles. The standard InChI is InChI=1S/C27H28N6O4S3/c1-3-37-25(36)23-18-11-7-8-12-19(18)40-24(23)29-22(35)15-39-27-32-31-20(33(27)17-9-5-4-6-10-17)14-38-26-28-16(2)13-21(34)30-26/h4-6,9-10,13H,3,7-8,11-12,14-15H2,1-2H3,(H,29,35)(H,28,30,34). The molecule has 0 saturated heterocycles. The molecule has 208 valence electrons. The fraction of sp³-hybridized carbons (Fsp3) is 0.333. The molecule has 0 bridgehead atoms. The number of nitrogens with one attached hydrogen (secondary N) is 2. The van der Waals surface area contributed by atoms with Crippen molar-refractivity contribution in [3.8, 4) is 5.69 Å². The monoisotopic (exact) mass is 596 g/mol. The van der Waals surface area contributed by atoms with Crippen LogP contribution in [0.4, 0.5) is 5.00 Å². The summed E-state index contributed by atoms with van der Waals surface area (Å²) in [4.78, 5) is 45.9. The Morgan fingerprint density at radius 2 is 1.95 bits per heavy atom. The van der Waals surface area contributed by atoms with Gasteiger partial charge in [0.1, 0.15) is 10.8 Å². The number of carbonyl (C=O) groups is 2.